The van der Waals surface area contributed by atoms with Gasteiger partial charge in [0.25, 0.3) is 6.47 Å². The Morgan fingerprint density at radius 2 is 1.44 bits per heavy atom. The number of unbranched alkanes of at least 4 members (excludes halogenated alkanes) is 3. The molecule has 2 aromatic rings. The van der Waals surface area contributed by atoms with Crippen LogP contribution in [-0.4, -0.2) is 44.4 Å². The molecule has 0 N–H and O–H groups in total. The molecule has 0 radical (unpaired) electrons. The third-order valence-electron chi connectivity index (χ3n) is 4.72. The molecule has 0 fully saturated rings. The van der Waals surface area contributed by atoms with E-state index in [9.17, 15) is 27.6 Å². The zero-order valence-electron chi connectivity index (χ0n) is 19.5. The number of carbonyl (C=O) groups excluding carboxylic acids is 3. The lowest BCUT2D eigenvalue weighted by Crippen LogP contribution is -2.13. The van der Waals surface area contributed by atoms with Gasteiger partial charge >= 0.3 is 18.1 Å². The van der Waals surface area contributed by atoms with Gasteiger partial charge in [-0.3, -0.25) is 4.79 Å². The van der Waals surface area contributed by atoms with Crippen LogP contribution >= 0.6 is 0 Å². The predicted octanol–water partition coefficient (Wildman–Crippen LogP) is 5.53. The molecule has 0 aliphatic rings. The Balaban J connectivity index is 1.71. The Hall–Kier alpha value is -3.82. The van der Waals surface area contributed by atoms with E-state index in [1.807, 2.05) is 0 Å². The van der Waals surface area contributed by atoms with Crippen molar-refractivity contribution in [3.8, 4) is 11.5 Å². The van der Waals surface area contributed by atoms with Crippen LogP contribution in [-0.2, 0) is 19.1 Å². The number of rotatable bonds is 15. The summed E-state index contributed by atoms with van der Waals surface area (Å²) in [5, 5.41) is 0. The SMILES string of the molecule is O=COCCCCCCOC(=O)/C=C/c1ccc(OC(=O)c2ccc(OCCC(F)(F)F)cc2)cc1. The lowest BCUT2D eigenvalue weighted by molar-refractivity contribution is -0.140. The van der Waals surface area contributed by atoms with Gasteiger partial charge in [-0.1, -0.05) is 12.1 Å². The summed E-state index contributed by atoms with van der Waals surface area (Å²) < 4.78 is 56.5. The van der Waals surface area contributed by atoms with E-state index >= 15 is 0 Å². The number of carbonyl (C=O) groups is 3. The Labute approximate surface area is 206 Å². The first kappa shape index (κ1) is 28.4. The van der Waals surface area contributed by atoms with Crippen molar-refractivity contribution in [2.75, 3.05) is 19.8 Å². The number of hydrogen-bond acceptors (Lipinski definition) is 7. The highest BCUT2D eigenvalue weighted by molar-refractivity contribution is 5.91. The summed E-state index contributed by atoms with van der Waals surface area (Å²) in [4.78, 5) is 34.1. The van der Waals surface area contributed by atoms with Gasteiger partial charge in [-0.05, 0) is 73.7 Å². The van der Waals surface area contributed by atoms with Gasteiger partial charge in [0.05, 0.1) is 31.8 Å². The van der Waals surface area contributed by atoms with Crippen LogP contribution in [0.25, 0.3) is 6.08 Å². The zero-order valence-corrected chi connectivity index (χ0v) is 19.5. The van der Waals surface area contributed by atoms with Crippen LogP contribution in [0.1, 0.15) is 48.0 Å². The maximum Gasteiger partial charge on any atom is 0.392 e. The van der Waals surface area contributed by atoms with E-state index in [2.05, 4.69) is 4.74 Å². The van der Waals surface area contributed by atoms with Crippen molar-refractivity contribution < 1.29 is 46.5 Å². The number of alkyl halides is 3. The third kappa shape index (κ3) is 12.0. The van der Waals surface area contributed by atoms with Crippen LogP contribution in [0, 0.1) is 0 Å². The molecule has 0 aliphatic carbocycles. The molecule has 10 heteroatoms. The van der Waals surface area contributed by atoms with Gasteiger partial charge in [-0.2, -0.15) is 13.2 Å². The van der Waals surface area contributed by atoms with Crippen molar-refractivity contribution in [1.29, 1.82) is 0 Å². The maximum absolute atomic E-state index is 12.3. The van der Waals surface area contributed by atoms with E-state index in [1.54, 1.807) is 30.3 Å². The Morgan fingerprint density at radius 3 is 2.08 bits per heavy atom. The normalized spacial score (nSPS) is 11.2. The molecule has 0 unspecified atom stereocenters. The molecule has 0 aromatic heterocycles. The van der Waals surface area contributed by atoms with Crippen molar-refractivity contribution in [1.82, 2.24) is 0 Å². The fourth-order valence-electron chi connectivity index (χ4n) is 2.86. The molecule has 0 bridgehead atoms. The summed E-state index contributed by atoms with van der Waals surface area (Å²) in [5.74, 6) is -0.615. The van der Waals surface area contributed by atoms with Gasteiger partial charge < -0.3 is 18.9 Å². The molecular weight excluding hydrogens is 481 g/mol. The van der Waals surface area contributed by atoms with Crippen molar-refractivity contribution in [3.63, 3.8) is 0 Å². The van der Waals surface area contributed by atoms with E-state index in [0.29, 0.717) is 31.7 Å². The fourth-order valence-corrected chi connectivity index (χ4v) is 2.86. The number of hydrogen-bond donors (Lipinski definition) is 0. The Morgan fingerprint density at radius 1 is 0.806 bits per heavy atom. The number of esters is 2. The lowest BCUT2D eigenvalue weighted by Gasteiger charge is -2.09. The Bertz CT molecular complexity index is 984. The number of benzene rings is 2. The molecule has 0 heterocycles. The minimum atomic E-state index is -4.30. The molecule has 0 aliphatic heterocycles. The van der Waals surface area contributed by atoms with Gasteiger partial charge in [-0.25, -0.2) is 9.59 Å². The summed E-state index contributed by atoms with van der Waals surface area (Å²) in [6.07, 6.45) is 0.739. The van der Waals surface area contributed by atoms with Gasteiger partial charge in [0.2, 0.25) is 0 Å². The maximum atomic E-state index is 12.3. The van der Waals surface area contributed by atoms with Crippen LogP contribution in [0.15, 0.2) is 54.6 Å². The molecule has 0 atom stereocenters. The van der Waals surface area contributed by atoms with E-state index in [4.69, 9.17) is 14.2 Å². The fraction of sp³-hybridized carbons (Fsp3) is 0.346. The average molecular weight is 508 g/mol. The highest BCUT2D eigenvalue weighted by Crippen LogP contribution is 2.21. The van der Waals surface area contributed by atoms with Crippen molar-refractivity contribution >= 4 is 24.5 Å². The molecular formula is C26H27F3O7. The minimum absolute atomic E-state index is 0.208. The van der Waals surface area contributed by atoms with E-state index < -0.39 is 31.1 Å². The van der Waals surface area contributed by atoms with Crippen LogP contribution in [0.2, 0.25) is 0 Å². The standard InChI is InChI=1S/C26H27F3O7/c27-26(28,29)15-18-34-22-12-8-21(9-13-22)25(32)36-23-10-5-20(6-11-23)7-14-24(31)35-17-4-2-1-3-16-33-19-30/h5-14,19H,1-4,15-18H2/b14-7+. The highest BCUT2D eigenvalue weighted by atomic mass is 19.4. The van der Waals surface area contributed by atoms with Gasteiger partial charge in [0, 0.05) is 6.08 Å². The van der Waals surface area contributed by atoms with Gasteiger partial charge in [0.15, 0.2) is 0 Å². The van der Waals surface area contributed by atoms with Gasteiger partial charge in [0.1, 0.15) is 11.5 Å². The van der Waals surface area contributed by atoms with Crippen LogP contribution in [0.4, 0.5) is 13.2 Å². The molecule has 36 heavy (non-hydrogen) atoms. The summed E-state index contributed by atoms with van der Waals surface area (Å²) in [7, 11) is 0. The topological polar surface area (TPSA) is 88.1 Å². The second kappa shape index (κ2) is 15.2. The zero-order chi connectivity index (χ0) is 26.2. The smallest absolute Gasteiger partial charge is 0.392 e. The summed E-state index contributed by atoms with van der Waals surface area (Å²) >= 11 is 0. The second-order valence-electron chi connectivity index (χ2n) is 7.58. The molecule has 0 saturated carbocycles. The molecule has 0 amide bonds. The first-order valence-electron chi connectivity index (χ1n) is 11.3. The molecule has 2 rings (SSSR count). The summed E-state index contributed by atoms with van der Waals surface area (Å²) in [6, 6.07) is 12.0. The largest absolute Gasteiger partial charge is 0.493 e. The van der Waals surface area contributed by atoms with Crippen molar-refractivity contribution in [2.45, 2.75) is 38.3 Å². The monoisotopic (exact) mass is 508 g/mol. The van der Waals surface area contributed by atoms with Crippen LogP contribution < -0.4 is 9.47 Å². The third-order valence-corrected chi connectivity index (χ3v) is 4.72. The summed E-state index contributed by atoms with van der Waals surface area (Å²) in [6.45, 7) is 0.603. The van der Waals surface area contributed by atoms with E-state index in [1.165, 1.54) is 30.3 Å². The number of ether oxygens (including phenoxy) is 4. The van der Waals surface area contributed by atoms with Gasteiger partial charge in [-0.15, -0.1) is 0 Å². The first-order valence-corrected chi connectivity index (χ1v) is 11.3. The van der Waals surface area contributed by atoms with E-state index in [-0.39, 0.29) is 17.1 Å². The van der Waals surface area contributed by atoms with Crippen LogP contribution in [0.5, 0.6) is 11.5 Å². The second-order valence-corrected chi connectivity index (χ2v) is 7.58. The minimum Gasteiger partial charge on any atom is -0.493 e. The summed E-state index contributed by atoms with van der Waals surface area (Å²) in [5.41, 5.74) is 0.904. The predicted molar refractivity (Wildman–Crippen MR) is 124 cm³/mol. The average Bonchev–Trinajstić information content (AvgIpc) is 2.85. The van der Waals surface area contributed by atoms with Crippen molar-refractivity contribution in [3.05, 3.63) is 65.7 Å². The molecule has 194 valence electrons. The molecule has 0 spiro atoms. The Kier molecular flexibility index (Phi) is 12.0. The lowest BCUT2D eigenvalue weighted by atomic mass is 10.2. The van der Waals surface area contributed by atoms with Crippen LogP contribution in [0.3, 0.4) is 0 Å². The quantitative estimate of drug-likeness (QED) is 0.103. The highest BCUT2D eigenvalue weighted by Gasteiger charge is 2.26. The molecule has 2 aromatic carbocycles. The first-order chi connectivity index (χ1) is 17.3. The molecule has 0 saturated heterocycles. The van der Waals surface area contributed by atoms with Crippen molar-refractivity contribution in [2.24, 2.45) is 0 Å². The number of halogens is 3. The molecule has 7 nitrogen and oxygen atoms in total. The van der Waals surface area contributed by atoms with E-state index in [0.717, 1.165) is 19.3 Å².